The van der Waals surface area contributed by atoms with Crippen LogP contribution in [0.3, 0.4) is 0 Å². The summed E-state index contributed by atoms with van der Waals surface area (Å²) in [7, 11) is 0. The third-order valence-electron chi connectivity index (χ3n) is 2.37. The molecule has 3 N–H and O–H groups in total. The van der Waals surface area contributed by atoms with E-state index in [1.54, 1.807) is 6.07 Å². The number of carbonyl (C=O) groups excluding carboxylic acids is 2. The number of hydrogen-bond acceptors (Lipinski definition) is 5. The van der Waals surface area contributed by atoms with Gasteiger partial charge in [0.05, 0.1) is 24.7 Å². The van der Waals surface area contributed by atoms with Gasteiger partial charge in [-0.15, -0.1) is 0 Å². The van der Waals surface area contributed by atoms with E-state index in [2.05, 4.69) is 15.7 Å². The first-order valence-corrected chi connectivity index (χ1v) is 5.90. The van der Waals surface area contributed by atoms with E-state index < -0.39 is 17.8 Å². The fourth-order valence-corrected chi connectivity index (χ4v) is 1.51. The van der Waals surface area contributed by atoms with Crippen molar-refractivity contribution in [1.29, 1.82) is 0 Å². The van der Waals surface area contributed by atoms with Gasteiger partial charge in [0.15, 0.2) is 5.76 Å². The normalized spacial score (nSPS) is 10.1. The van der Waals surface area contributed by atoms with Crippen LogP contribution >= 0.6 is 0 Å². The zero-order valence-electron chi connectivity index (χ0n) is 10.8. The summed E-state index contributed by atoms with van der Waals surface area (Å²) in [5, 5.41) is 17.2. The Morgan fingerprint density at radius 2 is 2.19 bits per heavy atom. The average Bonchev–Trinajstić information content (AvgIpc) is 3.07. The Morgan fingerprint density at radius 1 is 1.38 bits per heavy atom. The fraction of sp³-hybridized carbons (Fsp3) is 0.167. The molecule has 2 aromatic heterocycles. The summed E-state index contributed by atoms with van der Waals surface area (Å²) in [6.45, 7) is -0.547. The Kier molecular flexibility index (Phi) is 4.34. The van der Waals surface area contributed by atoms with Crippen LogP contribution in [0.25, 0.3) is 0 Å². The second-order valence-electron chi connectivity index (χ2n) is 4.03. The topological polar surface area (TPSA) is 126 Å². The summed E-state index contributed by atoms with van der Waals surface area (Å²) in [4.78, 5) is 33.6. The average molecular weight is 292 g/mol. The molecule has 9 nitrogen and oxygen atoms in total. The van der Waals surface area contributed by atoms with Gasteiger partial charge in [0, 0.05) is 6.20 Å². The molecule has 2 amide bonds. The number of rotatable bonds is 6. The van der Waals surface area contributed by atoms with E-state index in [1.807, 2.05) is 0 Å². The van der Waals surface area contributed by atoms with E-state index in [9.17, 15) is 14.4 Å². The first kappa shape index (κ1) is 14.3. The Morgan fingerprint density at radius 3 is 2.86 bits per heavy atom. The summed E-state index contributed by atoms with van der Waals surface area (Å²) in [5.74, 6) is -1.90. The van der Waals surface area contributed by atoms with Gasteiger partial charge < -0.3 is 20.2 Å². The summed E-state index contributed by atoms with van der Waals surface area (Å²) in [5.41, 5.74) is 0.341. The number of carboxylic acid groups (broad SMARTS) is 1. The number of nitrogens with one attached hydrogen (secondary N) is 2. The Balaban J connectivity index is 1.80. The minimum absolute atomic E-state index is 0.108. The van der Waals surface area contributed by atoms with Gasteiger partial charge in [-0.1, -0.05) is 0 Å². The molecule has 110 valence electrons. The standard InChI is InChI=1S/C12H12N4O5/c17-10(5-13-12(20)9-2-1-3-21-9)15-8-4-14-16(6-8)7-11(18)19/h1-4,6H,5,7H2,(H,13,20)(H,15,17)(H,18,19). The molecule has 0 unspecified atom stereocenters. The van der Waals surface area contributed by atoms with Crippen molar-refractivity contribution in [3.63, 3.8) is 0 Å². The quantitative estimate of drug-likeness (QED) is 0.684. The number of carbonyl (C=O) groups is 3. The summed E-state index contributed by atoms with van der Waals surface area (Å²) in [6, 6.07) is 3.04. The van der Waals surface area contributed by atoms with Gasteiger partial charge >= 0.3 is 5.97 Å². The second kappa shape index (κ2) is 6.37. The molecule has 0 aliphatic rings. The van der Waals surface area contributed by atoms with Crippen molar-refractivity contribution >= 4 is 23.5 Å². The Hall–Kier alpha value is -3.10. The molecule has 0 aliphatic carbocycles. The number of amides is 2. The summed E-state index contributed by atoms with van der Waals surface area (Å²) in [6.07, 6.45) is 4.04. The fourth-order valence-electron chi connectivity index (χ4n) is 1.51. The van der Waals surface area contributed by atoms with Crippen LogP contribution in [0.1, 0.15) is 10.6 Å². The van der Waals surface area contributed by atoms with Crippen molar-refractivity contribution in [2.45, 2.75) is 6.54 Å². The van der Waals surface area contributed by atoms with Crippen LogP contribution in [0, 0.1) is 0 Å². The van der Waals surface area contributed by atoms with Gasteiger partial charge in [-0.05, 0) is 12.1 Å². The maximum Gasteiger partial charge on any atom is 0.325 e. The zero-order valence-corrected chi connectivity index (χ0v) is 10.8. The first-order valence-electron chi connectivity index (χ1n) is 5.90. The minimum atomic E-state index is -1.04. The van der Waals surface area contributed by atoms with Gasteiger partial charge in [-0.2, -0.15) is 5.10 Å². The highest BCUT2D eigenvalue weighted by atomic mass is 16.4. The molecule has 0 aliphatic heterocycles. The smallest absolute Gasteiger partial charge is 0.325 e. The number of aromatic nitrogens is 2. The molecule has 2 aromatic rings. The molecule has 0 spiro atoms. The lowest BCUT2D eigenvalue weighted by atomic mass is 10.4. The number of carboxylic acids is 1. The van der Waals surface area contributed by atoms with E-state index >= 15 is 0 Å². The van der Waals surface area contributed by atoms with Crippen LogP contribution < -0.4 is 10.6 Å². The third-order valence-corrected chi connectivity index (χ3v) is 2.37. The molecule has 0 saturated carbocycles. The number of anilines is 1. The van der Waals surface area contributed by atoms with Crippen LogP contribution in [0.2, 0.25) is 0 Å². The van der Waals surface area contributed by atoms with Crippen LogP contribution in [-0.2, 0) is 16.1 Å². The predicted molar refractivity (Wildman–Crippen MR) is 69.5 cm³/mol. The monoisotopic (exact) mass is 292 g/mol. The molecule has 2 heterocycles. The number of furan rings is 1. The highest BCUT2D eigenvalue weighted by molar-refractivity contribution is 5.97. The van der Waals surface area contributed by atoms with Gasteiger partial charge in [0.2, 0.25) is 5.91 Å². The summed E-state index contributed by atoms with van der Waals surface area (Å²) >= 11 is 0. The van der Waals surface area contributed by atoms with Crippen molar-refractivity contribution in [3.05, 3.63) is 36.5 Å². The first-order chi connectivity index (χ1) is 10.0. The molecule has 9 heteroatoms. The van der Waals surface area contributed by atoms with Crippen molar-refractivity contribution < 1.29 is 23.9 Å². The third kappa shape index (κ3) is 4.20. The zero-order chi connectivity index (χ0) is 15.2. The predicted octanol–water partition coefficient (Wildman–Crippen LogP) is -0.0708. The molecule has 0 bridgehead atoms. The second-order valence-corrected chi connectivity index (χ2v) is 4.03. The lowest BCUT2D eigenvalue weighted by Crippen LogP contribution is -2.32. The summed E-state index contributed by atoms with van der Waals surface area (Å²) < 4.78 is 6.04. The van der Waals surface area contributed by atoms with E-state index in [1.165, 1.54) is 29.4 Å². The van der Waals surface area contributed by atoms with Crippen LogP contribution in [0.5, 0.6) is 0 Å². The molecule has 0 fully saturated rings. The maximum absolute atomic E-state index is 11.6. The number of nitrogens with zero attached hydrogens (tertiary/aromatic N) is 2. The van der Waals surface area contributed by atoms with Gasteiger partial charge in [-0.3, -0.25) is 19.1 Å². The van der Waals surface area contributed by atoms with E-state index in [0.29, 0.717) is 5.69 Å². The van der Waals surface area contributed by atoms with Gasteiger partial charge in [0.25, 0.3) is 5.91 Å². The molecule has 2 rings (SSSR count). The van der Waals surface area contributed by atoms with Gasteiger partial charge in [-0.25, -0.2) is 0 Å². The Labute approximate surface area is 118 Å². The van der Waals surface area contributed by atoms with Crippen molar-refractivity contribution in [2.24, 2.45) is 0 Å². The van der Waals surface area contributed by atoms with Crippen LogP contribution in [-0.4, -0.2) is 39.2 Å². The van der Waals surface area contributed by atoms with Crippen molar-refractivity contribution in [1.82, 2.24) is 15.1 Å². The molecule has 0 atom stereocenters. The number of aliphatic carboxylic acids is 1. The minimum Gasteiger partial charge on any atom is -0.480 e. The van der Waals surface area contributed by atoms with Crippen molar-refractivity contribution in [2.75, 3.05) is 11.9 Å². The maximum atomic E-state index is 11.6. The number of hydrogen-bond donors (Lipinski definition) is 3. The Bertz CT molecular complexity index is 646. The van der Waals surface area contributed by atoms with E-state index in [-0.39, 0.29) is 18.8 Å². The molecule has 0 aromatic carbocycles. The van der Waals surface area contributed by atoms with Gasteiger partial charge in [0.1, 0.15) is 6.54 Å². The highest BCUT2D eigenvalue weighted by Crippen LogP contribution is 2.04. The molecular weight excluding hydrogens is 280 g/mol. The highest BCUT2D eigenvalue weighted by Gasteiger charge is 2.11. The van der Waals surface area contributed by atoms with E-state index in [0.717, 1.165) is 0 Å². The SMILES string of the molecule is O=C(O)Cn1cc(NC(=O)CNC(=O)c2ccco2)cn1. The lowest BCUT2D eigenvalue weighted by molar-refractivity contribution is -0.137. The molecule has 0 radical (unpaired) electrons. The van der Waals surface area contributed by atoms with Crippen LogP contribution in [0.15, 0.2) is 35.2 Å². The van der Waals surface area contributed by atoms with Crippen molar-refractivity contribution in [3.8, 4) is 0 Å². The largest absolute Gasteiger partial charge is 0.480 e. The lowest BCUT2D eigenvalue weighted by Gasteiger charge is -2.03. The molecular formula is C12H12N4O5. The molecule has 0 saturated heterocycles. The molecule has 21 heavy (non-hydrogen) atoms. The van der Waals surface area contributed by atoms with Crippen LogP contribution in [0.4, 0.5) is 5.69 Å². The van der Waals surface area contributed by atoms with E-state index in [4.69, 9.17) is 9.52 Å².